The van der Waals surface area contributed by atoms with Crippen LogP contribution in [0, 0.1) is 0 Å². The van der Waals surface area contributed by atoms with Crippen molar-refractivity contribution in [3.8, 4) is 39.3 Å². The smallest absolute Gasteiger partial charge is 0.155 e. The number of thiophene rings is 4. The summed E-state index contributed by atoms with van der Waals surface area (Å²) in [6.07, 6.45) is 60.1. The van der Waals surface area contributed by atoms with Gasteiger partial charge in [-0.05, 0) is 109 Å². The molecule has 6 rings (SSSR count). The minimum atomic E-state index is 1.12. The van der Waals surface area contributed by atoms with Crippen LogP contribution in [0.5, 0.6) is 0 Å². The summed E-state index contributed by atoms with van der Waals surface area (Å²) < 4.78 is 0. The van der Waals surface area contributed by atoms with Gasteiger partial charge in [-0.15, -0.1) is 45.3 Å². The molecule has 6 aromatic rings. The highest BCUT2D eigenvalue weighted by molar-refractivity contribution is 7.33. The Kier molecular flexibility index (Phi) is 33.1. The van der Waals surface area contributed by atoms with E-state index in [1.807, 2.05) is 56.7 Å². The molecule has 76 heavy (non-hydrogen) atoms. The molecule has 0 unspecified atom stereocenters. The van der Waals surface area contributed by atoms with E-state index in [2.05, 4.69) is 74.1 Å². The molecule has 0 aliphatic rings. The van der Waals surface area contributed by atoms with Gasteiger partial charge in [0.2, 0.25) is 0 Å². The molecule has 0 aromatic carbocycles. The number of thiazole rings is 2. The maximum absolute atomic E-state index is 5.46. The first-order valence-corrected chi connectivity index (χ1v) is 37.3. The van der Waals surface area contributed by atoms with E-state index >= 15 is 0 Å². The lowest BCUT2D eigenvalue weighted by molar-refractivity contribution is 0.556. The number of aryl methyl sites for hydroxylation is 4. The maximum atomic E-state index is 5.46. The highest BCUT2D eigenvalue weighted by Crippen LogP contribution is 2.49. The van der Waals surface area contributed by atoms with Gasteiger partial charge in [0.1, 0.15) is 10.0 Å². The molecule has 0 N–H and O–H groups in total. The molecule has 0 saturated heterocycles. The molecular weight excluding hydrogens is 1040 g/mol. The van der Waals surface area contributed by atoms with E-state index < -0.39 is 0 Å². The Bertz CT molecular complexity index is 2320. The number of rotatable bonds is 48. The fourth-order valence-corrected chi connectivity index (χ4v) is 18.2. The normalized spacial score (nSPS) is 11.9. The molecule has 2 nitrogen and oxygen atoms in total. The van der Waals surface area contributed by atoms with E-state index in [0.29, 0.717) is 0 Å². The second-order valence-electron chi connectivity index (χ2n) is 22.9. The Morgan fingerprint density at radius 2 is 0.553 bits per heavy atom. The molecule has 0 fully saturated rings. The average Bonchev–Trinajstić information content (AvgIpc) is 4.32. The first-order chi connectivity index (χ1) is 37.6. The summed E-state index contributed by atoms with van der Waals surface area (Å²) in [6.45, 7) is 9.28. The standard InChI is InChI=1S/C68H106N2S6/c1-5-9-13-17-21-25-29-33-37-41-45-55-49-51-71-61(55)62-57(47-43-39-35-31-27-23-19-15-11-7-3)53-59(73-62)60-54-58(48-44-40-36-32-28-24-20-16-12-8-4)64(74-60)66-70-68-67(76-66)69-65(75-68)63-56(50-52-72-63)46-42-38-34-30-26-22-18-14-10-6-2/h49-54H,5-48H2,1-4H3. The second kappa shape index (κ2) is 39.7. The van der Waals surface area contributed by atoms with Crippen molar-refractivity contribution >= 4 is 77.7 Å². The largest absolute Gasteiger partial charge is 0.222 e. The molecule has 6 heterocycles. The molecule has 424 valence electrons. The summed E-state index contributed by atoms with van der Waals surface area (Å²) in [7, 11) is 0. The van der Waals surface area contributed by atoms with E-state index in [4.69, 9.17) is 9.97 Å². The SMILES string of the molecule is CCCCCCCCCCCCc1ccsc1-c1nc2sc(-c3sc(-c4cc(CCCCCCCCCCCC)c(-c5sccc5CCCCCCCCCCCC)s4)cc3CCCCCCCCCCCC)nc2s1. The highest BCUT2D eigenvalue weighted by atomic mass is 32.1. The van der Waals surface area contributed by atoms with Crippen molar-refractivity contribution in [1.29, 1.82) is 0 Å². The first-order valence-electron chi connectivity index (χ1n) is 32.3. The van der Waals surface area contributed by atoms with Crippen LogP contribution in [0.15, 0.2) is 35.0 Å². The molecule has 0 spiro atoms. The van der Waals surface area contributed by atoms with E-state index in [0.717, 1.165) is 16.1 Å². The molecule has 0 aliphatic carbocycles. The molecule has 6 aromatic heterocycles. The quantitative estimate of drug-likeness (QED) is 0.0356. The molecule has 0 radical (unpaired) electrons. The molecule has 0 amide bonds. The number of aromatic nitrogens is 2. The second-order valence-corrected chi connectivity index (χ2v) is 28.7. The van der Waals surface area contributed by atoms with Crippen LogP contribution in [-0.2, 0) is 25.7 Å². The third-order valence-corrected chi connectivity index (χ3v) is 23.1. The summed E-state index contributed by atoms with van der Waals surface area (Å²) in [4.78, 5) is 21.9. The van der Waals surface area contributed by atoms with Gasteiger partial charge in [-0.3, -0.25) is 0 Å². The van der Waals surface area contributed by atoms with Gasteiger partial charge in [0.25, 0.3) is 0 Å². The predicted octanol–water partition coefficient (Wildman–Crippen LogP) is 26.5. The summed E-state index contributed by atoms with van der Waals surface area (Å²) in [5.41, 5.74) is 6.20. The number of fused-ring (bicyclic) bond motifs is 1. The van der Waals surface area contributed by atoms with Crippen LogP contribution < -0.4 is 0 Å². The van der Waals surface area contributed by atoms with Crippen LogP contribution in [0.2, 0.25) is 0 Å². The monoisotopic (exact) mass is 1140 g/mol. The van der Waals surface area contributed by atoms with Crippen LogP contribution in [0.1, 0.15) is 307 Å². The van der Waals surface area contributed by atoms with Crippen LogP contribution in [0.4, 0.5) is 0 Å². The fraction of sp³-hybridized carbons (Fsp3) is 0.706. The Balaban J connectivity index is 1.15. The lowest BCUT2D eigenvalue weighted by atomic mass is 10.0. The van der Waals surface area contributed by atoms with Crippen LogP contribution in [0.25, 0.3) is 48.9 Å². The Morgan fingerprint density at radius 1 is 0.276 bits per heavy atom. The van der Waals surface area contributed by atoms with Crippen LogP contribution >= 0.6 is 68.0 Å². The zero-order valence-electron chi connectivity index (χ0n) is 48.9. The number of nitrogens with zero attached hydrogens (tertiary/aromatic N) is 2. The van der Waals surface area contributed by atoms with Gasteiger partial charge in [0.05, 0.1) is 9.75 Å². The summed E-state index contributed by atoms with van der Waals surface area (Å²) in [6, 6.07) is 10.1. The van der Waals surface area contributed by atoms with E-state index in [-0.39, 0.29) is 0 Å². The van der Waals surface area contributed by atoms with Gasteiger partial charge >= 0.3 is 0 Å². The van der Waals surface area contributed by atoms with Crippen molar-refractivity contribution < 1.29 is 0 Å². The Labute approximate surface area is 490 Å². The van der Waals surface area contributed by atoms with E-state index in [9.17, 15) is 0 Å². The lowest BCUT2D eigenvalue weighted by Crippen LogP contribution is -1.90. The van der Waals surface area contributed by atoms with Gasteiger partial charge in [-0.25, -0.2) is 9.97 Å². The highest BCUT2D eigenvalue weighted by Gasteiger charge is 2.23. The molecule has 0 atom stereocenters. The van der Waals surface area contributed by atoms with Crippen LogP contribution in [-0.4, -0.2) is 9.97 Å². The number of hydrogen-bond donors (Lipinski definition) is 0. The Hall–Kier alpha value is -1.68. The molecular formula is C68H106N2S6. The summed E-state index contributed by atoms with van der Waals surface area (Å²) >= 11 is 11.7. The molecule has 8 heteroatoms. The van der Waals surface area contributed by atoms with Crippen molar-refractivity contribution in [3.63, 3.8) is 0 Å². The number of unbranched alkanes of at least 4 members (excludes halogenated alkanes) is 36. The van der Waals surface area contributed by atoms with Gasteiger partial charge in [0.15, 0.2) is 9.66 Å². The van der Waals surface area contributed by atoms with Crippen molar-refractivity contribution in [1.82, 2.24) is 9.97 Å². The van der Waals surface area contributed by atoms with Gasteiger partial charge < -0.3 is 0 Å². The molecule has 0 bridgehead atoms. The first kappa shape index (κ1) is 63.5. The van der Waals surface area contributed by atoms with Crippen molar-refractivity contribution in [2.75, 3.05) is 0 Å². The molecule has 0 saturated carbocycles. The number of hydrogen-bond acceptors (Lipinski definition) is 8. The topological polar surface area (TPSA) is 25.8 Å². The Morgan fingerprint density at radius 3 is 0.921 bits per heavy atom. The maximum Gasteiger partial charge on any atom is 0.155 e. The zero-order chi connectivity index (χ0) is 53.1. The summed E-state index contributed by atoms with van der Waals surface area (Å²) in [5.74, 6) is 0. The van der Waals surface area contributed by atoms with Crippen molar-refractivity contribution in [2.24, 2.45) is 0 Å². The third-order valence-electron chi connectivity index (χ3n) is 16.1. The fourth-order valence-electron chi connectivity index (χ4n) is 11.3. The molecule has 0 aliphatic heterocycles. The summed E-state index contributed by atoms with van der Waals surface area (Å²) in [5, 5.41) is 7.05. The van der Waals surface area contributed by atoms with Gasteiger partial charge in [0, 0.05) is 19.5 Å². The van der Waals surface area contributed by atoms with Crippen molar-refractivity contribution in [3.05, 3.63) is 57.3 Å². The van der Waals surface area contributed by atoms with Crippen molar-refractivity contribution in [2.45, 2.75) is 310 Å². The minimum absolute atomic E-state index is 1.12. The van der Waals surface area contributed by atoms with Gasteiger partial charge in [-0.1, -0.05) is 282 Å². The third kappa shape index (κ3) is 23.1. The van der Waals surface area contributed by atoms with Crippen LogP contribution in [0.3, 0.4) is 0 Å². The average molecular weight is 1140 g/mol. The lowest BCUT2D eigenvalue weighted by Gasteiger charge is -2.07. The van der Waals surface area contributed by atoms with E-state index in [1.165, 1.54) is 317 Å². The van der Waals surface area contributed by atoms with Gasteiger partial charge in [-0.2, -0.15) is 0 Å². The predicted molar refractivity (Wildman–Crippen MR) is 351 cm³/mol. The zero-order valence-corrected chi connectivity index (χ0v) is 53.8. The minimum Gasteiger partial charge on any atom is -0.222 e. The van der Waals surface area contributed by atoms with E-state index in [1.54, 1.807) is 20.9 Å².